The molecule has 0 saturated carbocycles. The second-order valence-electron chi connectivity index (χ2n) is 4.77. The zero-order chi connectivity index (χ0) is 11.3. The summed E-state index contributed by atoms with van der Waals surface area (Å²) in [5, 5.41) is 0. The molecule has 1 atom stereocenters. The molecule has 1 aromatic carbocycles. The topological polar surface area (TPSA) is 26.0 Å². The monoisotopic (exact) mass is 217 g/mol. The number of nitrogens with two attached hydrogens (primary N) is 1. The molecule has 2 heteroatoms. The van der Waals surface area contributed by atoms with E-state index in [1.54, 1.807) is 0 Å². The normalized spacial score (nSPS) is 12.8. The highest BCUT2D eigenvalue weighted by atomic mass is 28.3. The maximum absolute atomic E-state index is 6.04. The lowest BCUT2D eigenvalue weighted by atomic mass is 10.1. The molecule has 0 aromatic heterocycles. The molecule has 15 heavy (non-hydrogen) atoms. The molecule has 0 aliphatic carbocycles. The Hall–Kier alpha value is -1.04. The highest BCUT2D eigenvalue weighted by molar-refractivity contribution is 6.83. The van der Waals surface area contributed by atoms with E-state index in [2.05, 4.69) is 43.2 Å². The summed E-state index contributed by atoms with van der Waals surface area (Å²) >= 11 is 0. The Bertz CT molecular complexity index is 354. The summed E-state index contributed by atoms with van der Waals surface area (Å²) < 4.78 is 0. The summed E-state index contributed by atoms with van der Waals surface area (Å²) in [7, 11) is -1.24. The fourth-order valence-electron chi connectivity index (χ4n) is 1.24. The van der Waals surface area contributed by atoms with Crippen molar-refractivity contribution in [2.75, 3.05) is 0 Å². The van der Waals surface area contributed by atoms with Crippen LogP contribution >= 0.6 is 0 Å². The third kappa shape index (κ3) is 4.82. The molecule has 0 spiro atoms. The van der Waals surface area contributed by atoms with Crippen molar-refractivity contribution in [1.82, 2.24) is 0 Å². The minimum absolute atomic E-state index is 0.0510. The van der Waals surface area contributed by atoms with E-state index in [1.165, 1.54) is 5.56 Å². The van der Waals surface area contributed by atoms with Crippen LogP contribution < -0.4 is 5.73 Å². The lowest BCUT2D eigenvalue weighted by Crippen LogP contribution is -2.17. The third-order valence-corrected chi connectivity index (χ3v) is 2.94. The van der Waals surface area contributed by atoms with Gasteiger partial charge in [0.25, 0.3) is 0 Å². The van der Waals surface area contributed by atoms with Gasteiger partial charge < -0.3 is 5.73 Å². The smallest absolute Gasteiger partial charge is 0.129 e. The van der Waals surface area contributed by atoms with Gasteiger partial charge in [0, 0.05) is 12.5 Å². The van der Waals surface area contributed by atoms with Crippen LogP contribution in [0.5, 0.6) is 0 Å². The third-order valence-electron chi connectivity index (χ3n) is 2.01. The van der Waals surface area contributed by atoms with Crippen molar-refractivity contribution in [2.45, 2.75) is 32.1 Å². The first-order chi connectivity index (χ1) is 6.99. The molecule has 0 aliphatic heterocycles. The van der Waals surface area contributed by atoms with Gasteiger partial charge in [0.1, 0.15) is 8.07 Å². The summed E-state index contributed by atoms with van der Waals surface area (Å²) in [4.78, 5) is 0. The summed E-state index contributed by atoms with van der Waals surface area (Å²) in [6, 6.07) is 10.2. The summed E-state index contributed by atoms with van der Waals surface area (Å²) in [6.45, 7) is 6.73. The molecule has 0 aliphatic rings. The Kier molecular flexibility index (Phi) is 4.13. The standard InChI is InChI=1S/C13H19NSi/c1-15(2,3)11-7-10-13(14)12-8-5-4-6-9-12/h4-6,8-9,13H,10,14H2,1-3H3/t13-/m0/s1. The largest absolute Gasteiger partial charge is 0.323 e. The van der Waals surface area contributed by atoms with Gasteiger partial charge in [-0.15, -0.1) is 11.5 Å². The molecule has 0 radical (unpaired) electrons. The fourth-order valence-corrected chi connectivity index (χ4v) is 1.88. The van der Waals surface area contributed by atoms with Crippen molar-refractivity contribution in [3.05, 3.63) is 35.9 Å². The zero-order valence-electron chi connectivity index (χ0n) is 9.75. The van der Waals surface area contributed by atoms with E-state index >= 15 is 0 Å². The van der Waals surface area contributed by atoms with Crippen LogP contribution in [0.1, 0.15) is 18.0 Å². The van der Waals surface area contributed by atoms with Crippen LogP contribution in [0.3, 0.4) is 0 Å². The first kappa shape index (κ1) is 12.0. The zero-order valence-corrected chi connectivity index (χ0v) is 10.7. The predicted molar refractivity (Wildman–Crippen MR) is 69.1 cm³/mol. The Labute approximate surface area is 93.7 Å². The average Bonchev–Trinajstić information content (AvgIpc) is 2.17. The maximum Gasteiger partial charge on any atom is 0.129 e. The first-order valence-electron chi connectivity index (χ1n) is 5.29. The Balaban J connectivity index is 2.57. The van der Waals surface area contributed by atoms with Gasteiger partial charge in [-0.05, 0) is 5.56 Å². The van der Waals surface area contributed by atoms with Crippen LogP contribution in [0.15, 0.2) is 30.3 Å². The van der Waals surface area contributed by atoms with Gasteiger partial charge in [0.15, 0.2) is 0 Å². The molecule has 0 unspecified atom stereocenters. The molecule has 0 fully saturated rings. The Morgan fingerprint density at radius 2 is 1.80 bits per heavy atom. The highest BCUT2D eigenvalue weighted by Crippen LogP contribution is 2.12. The van der Waals surface area contributed by atoms with Gasteiger partial charge in [-0.2, -0.15) is 0 Å². The van der Waals surface area contributed by atoms with E-state index in [9.17, 15) is 0 Å². The van der Waals surface area contributed by atoms with Crippen LogP contribution in [0.25, 0.3) is 0 Å². The van der Waals surface area contributed by atoms with E-state index in [0.717, 1.165) is 6.42 Å². The SMILES string of the molecule is C[Si](C)(C)C#CC[C@H](N)c1ccccc1. The molecule has 1 aromatic rings. The molecule has 0 amide bonds. The molecule has 1 nitrogen and oxygen atoms in total. The van der Waals surface area contributed by atoms with E-state index < -0.39 is 8.07 Å². The number of rotatable bonds is 2. The van der Waals surface area contributed by atoms with Crippen LogP contribution in [0.2, 0.25) is 19.6 Å². The number of benzene rings is 1. The minimum atomic E-state index is -1.24. The maximum atomic E-state index is 6.04. The van der Waals surface area contributed by atoms with Gasteiger partial charge in [0.05, 0.1) is 0 Å². The van der Waals surface area contributed by atoms with E-state index in [1.807, 2.05) is 18.2 Å². The minimum Gasteiger partial charge on any atom is -0.323 e. The molecule has 1 rings (SSSR count). The summed E-state index contributed by atoms with van der Waals surface area (Å²) in [5.74, 6) is 3.21. The number of hydrogen-bond acceptors (Lipinski definition) is 1. The highest BCUT2D eigenvalue weighted by Gasteiger charge is 2.08. The van der Waals surface area contributed by atoms with Crippen molar-refractivity contribution in [3.8, 4) is 11.5 Å². The van der Waals surface area contributed by atoms with E-state index in [-0.39, 0.29) is 6.04 Å². The van der Waals surface area contributed by atoms with Crippen LogP contribution in [-0.2, 0) is 0 Å². The van der Waals surface area contributed by atoms with Crippen LogP contribution in [0.4, 0.5) is 0 Å². The summed E-state index contributed by atoms with van der Waals surface area (Å²) in [5.41, 5.74) is 10.5. The second-order valence-corrected chi connectivity index (χ2v) is 9.52. The molecule has 0 saturated heterocycles. The second kappa shape index (κ2) is 5.15. The van der Waals surface area contributed by atoms with Crippen molar-refractivity contribution >= 4 is 8.07 Å². The van der Waals surface area contributed by atoms with Crippen molar-refractivity contribution in [3.63, 3.8) is 0 Å². The molecule has 0 bridgehead atoms. The van der Waals surface area contributed by atoms with Crippen molar-refractivity contribution in [2.24, 2.45) is 5.73 Å². The summed E-state index contributed by atoms with van der Waals surface area (Å²) in [6.07, 6.45) is 0.758. The van der Waals surface area contributed by atoms with Crippen LogP contribution in [0, 0.1) is 11.5 Å². The first-order valence-corrected chi connectivity index (χ1v) is 8.79. The van der Waals surface area contributed by atoms with Gasteiger partial charge in [0.2, 0.25) is 0 Å². The van der Waals surface area contributed by atoms with Crippen LogP contribution in [-0.4, -0.2) is 8.07 Å². The molecule has 80 valence electrons. The van der Waals surface area contributed by atoms with Crippen molar-refractivity contribution in [1.29, 1.82) is 0 Å². The Morgan fingerprint density at radius 3 is 2.33 bits per heavy atom. The quantitative estimate of drug-likeness (QED) is 0.598. The number of hydrogen-bond donors (Lipinski definition) is 1. The van der Waals surface area contributed by atoms with Gasteiger partial charge >= 0.3 is 0 Å². The van der Waals surface area contributed by atoms with Gasteiger partial charge in [-0.1, -0.05) is 50.0 Å². The van der Waals surface area contributed by atoms with Gasteiger partial charge in [-0.3, -0.25) is 0 Å². The molecule has 0 heterocycles. The molecular formula is C13H19NSi. The molecular weight excluding hydrogens is 198 g/mol. The lowest BCUT2D eigenvalue weighted by molar-refractivity contribution is 0.754. The van der Waals surface area contributed by atoms with E-state index in [4.69, 9.17) is 5.73 Å². The fraction of sp³-hybridized carbons (Fsp3) is 0.385. The Morgan fingerprint density at radius 1 is 1.20 bits per heavy atom. The van der Waals surface area contributed by atoms with Gasteiger partial charge in [-0.25, -0.2) is 0 Å². The predicted octanol–water partition coefficient (Wildman–Crippen LogP) is 2.96. The van der Waals surface area contributed by atoms with Crippen molar-refractivity contribution < 1.29 is 0 Å². The molecule has 2 N–H and O–H groups in total. The van der Waals surface area contributed by atoms with E-state index in [0.29, 0.717) is 0 Å². The average molecular weight is 217 g/mol. The lowest BCUT2D eigenvalue weighted by Gasteiger charge is -2.08.